The van der Waals surface area contributed by atoms with Crippen LogP contribution in [0.2, 0.25) is 0 Å². The zero-order valence-electron chi connectivity index (χ0n) is 6.84. The SMILES string of the molecule is Br.O=C(O)CC(O)(CC(=O)O)C(=O)O. The van der Waals surface area contributed by atoms with Gasteiger partial charge >= 0.3 is 17.9 Å². The van der Waals surface area contributed by atoms with Crippen molar-refractivity contribution in [1.82, 2.24) is 0 Å². The standard InChI is InChI=1S/C6H8O7.BrH/c7-3(8)1-6(13,5(11)12)2-4(9)10;/h13H,1-2H2,(H,7,8)(H,9,10)(H,11,12);1H. The van der Waals surface area contributed by atoms with Crippen molar-refractivity contribution in [3.05, 3.63) is 0 Å². The minimum atomic E-state index is -2.74. The Balaban J connectivity index is 0. The molecule has 0 aromatic rings. The first kappa shape index (κ1) is 15.3. The molecule has 0 saturated carbocycles. The van der Waals surface area contributed by atoms with Crippen LogP contribution in [0.5, 0.6) is 0 Å². The van der Waals surface area contributed by atoms with Gasteiger partial charge in [-0.15, -0.1) is 17.0 Å². The second kappa shape index (κ2) is 5.55. The number of hydrogen-bond donors (Lipinski definition) is 4. The number of carboxylic acids is 3. The Bertz CT molecular complexity index is 233. The molecule has 0 radical (unpaired) electrons. The molecule has 4 N–H and O–H groups in total. The normalized spacial score (nSPS) is 10.1. The van der Waals surface area contributed by atoms with Gasteiger partial charge in [0.1, 0.15) is 0 Å². The van der Waals surface area contributed by atoms with E-state index >= 15 is 0 Å². The maximum absolute atomic E-state index is 10.3. The van der Waals surface area contributed by atoms with Crippen LogP contribution in [0.25, 0.3) is 0 Å². The first-order chi connectivity index (χ1) is 5.78. The lowest BCUT2D eigenvalue weighted by Crippen LogP contribution is -2.42. The van der Waals surface area contributed by atoms with Crippen LogP contribution >= 0.6 is 17.0 Å². The lowest BCUT2D eigenvalue weighted by atomic mass is 9.96. The Kier molecular flexibility index (Phi) is 6.08. The molecule has 0 aliphatic rings. The minimum absolute atomic E-state index is 0. The summed E-state index contributed by atoms with van der Waals surface area (Å²) in [6, 6.07) is 0. The van der Waals surface area contributed by atoms with E-state index in [-0.39, 0.29) is 17.0 Å². The Morgan fingerprint density at radius 1 is 0.929 bits per heavy atom. The van der Waals surface area contributed by atoms with E-state index in [4.69, 9.17) is 20.4 Å². The highest BCUT2D eigenvalue weighted by Crippen LogP contribution is 2.15. The molecule has 0 aliphatic heterocycles. The molecule has 7 nitrogen and oxygen atoms in total. The number of halogens is 1. The topological polar surface area (TPSA) is 132 Å². The summed E-state index contributed by atoms with van der Waals surface area (Å²) in [5.74, 6) is -5.02. The molecule has 0 spiro atoms. The number of carbonyl (C=O) groups is 3. The predicted molar refractivity (Wildman–Crippen MR) is 47.4 cm³/mol. The third kappa shape index (κ3) is 4.77. The van der Waals surface area contributed by atoms with E-state index in [1.165, 1.54) is 0 Å². The highest BCUT2D eigenvalue weighted by molar-refractivity contribution is 8.93. The van der Waals surface area contributed by atoms with Crippen LogP contribution in [0.15, 0.2) is 0 Å². The Morgan fingerprint density at radius 2 is 1.21 bits per heavy atom. The highest BCUT2D eigenvalue weighted by Gasteiger charge is 2.40. The van der Waals surface area contributed by atoms with Crippen LogP contribution < -0.4 is 0 Å². The average Bonchev–Trinajstić information content (AvgIpc) is 1.82. The van der Waals surface area contributed by atoms with Gasteiger partial charge in [-0.25, -0.2) is 4.79 Å². The van der Waals surface area contributed by atoms with Gasteiger partial charge in [-0.3, -0.25) is 9.59 Å². The van der Waals surface area contributed by atoms with Crippen molar-refractivity contribution in [1.29, 1.82) is 0 Å². The summed E-state index contributed by atoms with van der Waals surface area (Å²) in [7, 11) is 0. The molecule has 0 aromatic heterocycles. The van der Waals surface area contributed by atoms with Crippen molar-refractivity contribution < 1.29 is 34.8 Å². The van der Waals surface area contributed by atoms with Crippen LogP contribution in [-0.2, 0) is 14.4 Å². The van der Waals surface area contributed by atoms with E-state index in [0.29, 0.717) is 0 Å². The zero-order chi connectivity index (χ0) is 10.6. The first-order valence-electron chi connectivity index (χ1n) is 3.17. The van der Waals surface area contributed by atoms with Crippen molar-refractivity contribution in [2.75, 3.05) is 0 Å². The van der Waals surface area contributed by atoms with E-state index < -0.39 is 36.4 Å². The van der Waals surface area contributed by atoms with Crippen LogP contribution in [0, 0.1) is 0 Å². The van der Waals surface area contributed by atoms with Crippen LogP contribution in [0.3, 0.4) is 0 Å². The van der Waals surface area contributed by atoms with Gasteiger partial charge in [0.2, 0.25) is 0 Å². The molecule has 0 atom stereocenters. The molecular formula is C6H9BrO7. The van der Waals surface area contributed by atoms with Gasteiger partial charge in [-0.2, -0.15) is 0 Å². The minimum Gasteiger partial charge on any atom is -0.481 e. The summed E-state index contributed by atoms with van der Waals surface area (Å²) >= 11 is 0. The number of carboxylic acid groups (broad SMARTS) is 3. The Morgan fingerprint density at radius 3 is 1.36 bits per heavy atom. The van der Waals surface area contributed by atoms with Crippen molar-refractivity contribution in [3.8, 4) is 0 Å². The zero-order valence-corrected chi connectivity index (χ0v) is 8.55. The molecule has 0 bridgehead atoms. The lowest BCUT2D eigenvalue weighted by molar-refractivity contribution is -0.170. The molecule has 0 aromatic carbocycles. The molecule has 82 valence electrons. The van der Waals surface area contributed by atoms with E-state index in [1.54, 1.807) is 0 Å². The number of aliphatic carboxylic acids is 3. The van der Waals surface area contributed by atoms with Gasteiger partial charge in [0, 0.05) is 0 Å². The molecule has 0 amide bonds. The molecular weight excluding hydrogens is 264 g/mol. The van der Waals surface area contributed by atoms with Gasteiger partial charge < -0.3 is 20.4 Å². The van der Waals surface area contributed by atoms with Gasteiger partial charge in [-0.05, 0) is 0 Å². The first-order valence-corrected chi connectivity index (χ1v) is 3.17. The average molecular weight is 273 g/mol. The fourth-order valence-electron chi connectivity index (χ4n) is 0.714. The van der Waals surface area contributed by atoms with E-state index in [9.17, 15) is 14.4 Å². The Labute approximate surface area is 88.7 Å². The maximum Gasteiger partial charge on any atom is 0.336 e. The van der Waals surface area contributed by atoms with Crippen LogP contribution in [0.1, 0.15) is 12.8 Å². The number of aliphatic hydroxyl groups is 1. The van der Waals surface area contributed by atoms with Crippen LogP contribution in [0.4, 0.5) is 0 Å². The molecule has 14 heavy (non-hydrogen) atoms. The lowest BCUT2D eigenvalue weighted by Gasteiger charge is -2.18. The number of rotatable bonds is 5. The molecule has 0 heterocycles. The van der Waals surface area contributed by atoms with Gasteiger partial charge in [0.15, 0.2) is 5.60 Å². The fourth-order valence-corrected chi connectivity index (χ4v) is 0.714. The summed E-state index contributed by atoms with van der Waals surface area (Å²) in [6.07, 6.45) is -2.29. The summed E-state index contributed by atoms with van der Waals surface area (Å²) in [5.41, 5.74) is -2.74. The molecule has 0 unspecified atom stereocenters. The molecule has 0 aliphatic carbocycles. The largest absolute Gasteiger partial charge is 0.481 e. The van der Waals surface area contributed by atoms with Crippen molar-refractivity contribution in [2.45, 2.75) is 18.4 Å². The number of hydrogen-bond acceptors (Lipinski definition) is 4. The predicted octanol–water partition coefficient (Wildman–Crippen LogP) is -0.671. The summed E-state index contributed by atoms with van der Waals surface area (Å²) in [4.78, 5) is 30.5. The smallest absolute Gasteiger partial charge is 0.336 e. The Hall–Kier alpha value is -1.15. The third-order valence-electron chi connectivity index (χ3n) is 1.29. The van der Waals surface area contributed by atoms with Gasteiger partial charge in [-0.1, -0.05) is 0 Å². The van der Waals surface area contributed by atoms with Crippen molar-refractivity contribution >= 4 is 34.9 Å². The molecule has 0 saturated heterocycles. The van der Waals surface area contributed by atoms with Gasteiger partial charge in [0.05, 0.1) is 12.8 Å². The fraction of sp³-hybridized carbons (Fsp3) is 0.500. The maximum atomic E-state index is 10.3. The second-order valence-electron chi connectivity index (χ2n) is 2.48. The van der Waals surface area contributed by atoms with E-state index in [1.807, 2.05) is 0 Å². The van der Waals surface area contributed by atoms with E-state index in [2.05, 4.69) is 0 Å². The van der Waals surface area contributed by atoms with E-state index in [0.717, 1.165) is 0 Å². The molecule has 0 fully saturated rings. The summed E-state index contributed by atoms with van der Waals surface area (Å²) < 4.78 is 0. The van der Waals surface area contributed by atoms with Gasteiger partial charge in [0.25, 0.3) is 0 Å². The summed E-state index contributed by atoms with van der Waals surface area (Å²) in [6.45, 7) is 0. The highest BCUT2D eigenvalue weighted by atomic mass is 79.9. The molecule has 8 heteroatoms. The quantitative estimate of drug-likeness (QED) is 0.522. The molecule has 0 rings (SSSR count). The summed E-state index contributed by atoms with van der Waals surface area (Å²) in [5, 5.41) is 33.8. The van der Waals surface area contributed by atoms with Crippen molar-refractivity contribution in [3.63, 3.8) is 0 Å². The monoisotopic (exact) mass is 272 g/mol. The van der Waals surface area contributed by atoms with Crippen LogP contribution in [-0.4, -0.2) is 43.9 Å². The second-order valence-corrected chi connectivity index (χ2v) is 2.48. The third-order valence-corrected chi connectivity index (χ3v) is 1.29. The van der Waals surface area contributed by atoms with Crippen molar-refractivity contribution in [2.24, 2.45) is 0 Å².